The minimum Gasteiger partial charge on any atom is -0.495 e. The summed E-state index contributed by atoms with van der Waals surface area (Å²) in [5, 5.41) is 6.36. The van der Waals surface area contributed by atoms with Crippen LogP contribution >= 0.6 is 11.6 Å². The summed E-state index contributed by atoms with van der Waals surface area (Å²) < 4.78 is 24.0. The molecule has 7 heteroatoms. The number of hydrogen-bond acceptors (Lipinski definition) is 4. The largest absolute Gasteiger partial charge is 0.495 e. The van der Waals surface area contributed by atoms with Crippen molar-refractivity contribution in [2.24, 2.45) is 0 Å². The third kappa shape index (κ3) is 5.52. The first-order valence-electron chi connectivity index (χ1n) is 8.20. The molecule has 0 unspecified atom stereocenters. The third-order valence-electron chi connectivity index (χ3n) is 3.82. The maximum atomic E-state index is 13.5. The van der Waals surface area contributed by atoms with Crippen LogP contribution in [0.15, 0.2) is 36.4 Å². The molecule has 0 spiro atoms. The second-order valence-corrected chi connectivity index (χ2v) is 5.96. The Kier molecular flexibility index (Phi) is 7.53. The Labute approximate surface area is 157 Å². The molecule has 2 N–H and O–H groups in total. The molecule has 0 bridgehead atoms. The number of halogens is 2. The second-order valence-electron chi connectivity index (χ2n) is 5.56. The van der Waals surface area contributed by atoms with Gasteiger partial charge in [0.25, 0.3) is 0 Å². The van der Waals surface area contributed by atoms with Crippen LogP contribution in [0.5, 0.6) is 11.5 Å². The first-order chi connectivity index (χ1) is 12.5. The number of methoxy groups -OCH3 is 2. The molecule has 1 amide bonds. The number of ether oxygens (including phenoxy) is 2. The fourth-order valence-corrected chi connectivity index (χ4v) is 2.67. The van der Waals surface area contributed by atoms with Crippen LogP contribution in [0.25, 0.3) is 0 Å². The molecule has 0 aromatic heterocycles. The van der Waals surface area contributed by atoms with Crippen LogP contribution in [0, 0.1) is 5.82 Å². The molecule has 2 rings (SSSR count). The molecule has 26 heavy (non-hydrogen) atoms. The quantitative estimate of drug-likeness (QED) is 0.697. The van der Waals surface area contributed by atoms with Crippen molar-refractivity contribution in [2.75, 3.05) is 32.6 Å². The van der Waals surface area contributed by atoms with Gasteiger partial charge in [0.15, 0.2) is 0 Å². The summed E-state index contributed by atoms with van der Waals surface area (Å²) in [5.41, 5.74) is 1.27. The summed E-state index contributed by atoms with van der Waals surface area (Å²) in [6, 6.07) is 9.91. The lowest BCUT2D eigenvalue weighted by Gasteiger charge is -2.14. The van der Waals surface area contributed by atoms with Crippen molar-refractivity contribution in [3.05, 3.63) is 52.8 Å². The van der Waals surface area contributed by atoms with E-state index in [0.29, 0.717) is 47.3 Å². The number of carbonyl (C=O) groups is 1. The second kappa shape index (κ2) is 9.87. The average molecular weight is 381 g/mol. The molecule has 140 valence electrons. The van der Waals surface area contributed by atoms with E-state index < -0.39 is 0 Å². The van der Waals surface area contributed by atoms with Crippen LogP contribution in [-0.4, -0.2) is 33.2 Å². The number of benzene rings is 2. The summed E-state index contributed by atoms with van der Waals surface area (Å²) in [4.78, 5) is 11.9. The number of hydrogen-bond donors (Lipinski definition) is 2. The summed E-state index contributed by atoms with van der Waals surface area (Å²) in [7, 11) is 3.07. The van der Waals surface area contributed by atoms with Crippen molar-refractivity contribution in [3.8, 4) is 11.5 Å². The zero-order chi connectivity index (χ0) is 18.9. The molecule has 0 saturated heterocycles. The van der Waals surface area contributed by atoms with Gasteiger partial charge in [0, 0.05) is 31.6 Å². The van der Waals surface area contributed by atoms with E-state index in [1.807, 2.05) is 0 Å². The van der Waals surface area contributed by atoms with Gasteiger partial charge in [-0.25, -0.2) is 4.39 Å². The Bertz CT molecular complexity index is 756. The highest BCUT2D eigenvalue weighted by Crippen LogP contribution is 2.35. The molecule has 0 fully saturated rings. The minimum absolute atomic E-state index is 0.117. The predicted octanol–water partition coefficient (Wildman–Crippen LogP) is 3.66. The lowest BCUT2D eigenvalue weighted by molar-refractivity contribution is -0.120. The molecule has 0 aliphatic rings. The maximum Gasteiger partial charge on any atom is 0.221 e. The van der Waals surface area contributed by atoms with Gasteiger partial charge in [-0.1, -0.05) is 29.8 Å². The average Bonchev–Trinajstić information content (AvgIpc) is 2.64. The molecular weight excluding hydrogens is 359 g/mol. The maximum absolute atomic E-state index is 13.5. The van der Waals surface area contributed by atoms with E-state index in [9.17, 15) is 9.18 Å². The van der Waals surface area contributed by atoms with Gasteiger partial charge < -0.3 is 20.1 Å². The van der Waals surface area contributed by atoms with Crippen LogP contribution in [0.2, 0.25) is 5.02 Å². The Morgan fingerprint density at radius 2 is 1.85 bits per heavy atom. The lowest BCUT2D eigenvalue weighted by Crippen LogP contribution is -2.27. The predicted molar refractivity (Wildman–Crippen MR) is 101 cm³/mol. The van der Waals surface area contributed by atoms with Crippen molar-refractivity contribution in [1.82, 2.24) is 5.32 Å². The summed E-state index contributed by atoms with van der Waals surface area (Å²) in [5.74, 6) is 0.709. The van der Waals surface area contributed by atoms with Crippen LogP contribution in [0.3, 0.4) is 0 Å². The molecule has 0 heterocycles. The highest BCUT2D eigenvalue weighted by Gasteiger charge is 2.10. The van der Waals surface area contributed by atoms with Crippen molar-refractivity contribution in [1.29, 1.82) is 0 Å². The van der Waals surface area contributed by atoms with E-state index >= 15 is 0 Å². The number of carbonyl (C=O) groups excluding carboxylic acids is 1. The van der Waals surface area contributed by atoms with Crippen molar-refractivity contribution in [3.63, 3.8) is 0 Å². The molecule has 0 aliphatic heterocycles. The number of nitrogens with one attached hydrogen (secondary N) is 2. The van der Waals surface area contributed by atoms with E-state index in [0.717, 1.165) is 0 Å². The first-order valence-corrected chi connectivity index (χ1v) is 8.58. The van der Waals surface area contributed by atoms with Crippen LogP contribution in [0.4, 0.5) is 10.1 Å². The Balaban J connectivity index is 1.78. The van der Waals surface area contributed by atoms with Crippen LogP contribution < -0.4 is 20.1 Å². The van der Waals surface area contributed by atoms with Gasteiger partial charge in [-0.15, -0.1) is 0 Å². The zero-order valence-corrected chi connectivity index (χ0v) is 15.5. The lowest BCUT2D eigenvalue weighted by atomic mass is 10.1. The molecule has 2 aromatic carbocycles. The minimum atomic E-state index is -0.257. The topological polar surface area (TPSA) is 59.6 Å². The summed E-state index contributed by atoms with van der Waals surface area (Å²) in [6.07, 6.45) is 0.722. The fraction of sp³-hybridized carbons (Fsp3) is 0.316. The highest BCUT2D eigenvalue weighted by atomic mass is 35.5. The summed E-state index contributed by atoms with van der Waals surface area (Å²) in [6.45, 7) is 0.796. The molecule has 0 aliphatic carbocycles. The van der Waals surface area contributed by atoms with E-state index in [4.69, 9.17) is 21.1 Å². The Morgan fingerprint density at radius 3 is 2.54 bits per heavy atom. The molecule has 0 radical (unpaired) electrons. The monoisotopic (exact) mass is 380 g/mol. The Hall–Kier alpha value is -2.47. The molecule has 0 saturated carbocycles. The van der Waals surface area contributed by atoms with E-state index in [1.54, 1.807) is 37.4 Å². The standard InChI is InChI=1S/C19H22ClFN2O3/c1-25-17-12-16(18(26-2)11-14(17)20)22-10-8-19(24)23-9-7-13-5-3-4-6-15(13)21/h3-6,11-12,22H,7-10H2,1-2H3,(H,23,24). The van der Waals surface area contributed by atoms with Crippen molar-refractivity contribution in [2.45, 2.75) is 12.8 Å². The van der Waals surface area contributed by atoms with E-state index in [1.165, 1.54) is 13.2 Å². The van der Waals surface area contributed by atoms with Gasteiger partial charge in [-0.3, -0.25) is 4.79 Å². The van der Waals surface area contributed by atoms with Gasteiger partial charge in [0.1, 0.15) is 17.3 Å². The van der Waals surface area contributed by atoms with Gasteiger partial charge in [-0.2, -0.15) is 0 Å². The van der Waals surface area contributed by atoms with Crippen LogP contribution in [-0.2, 0) is 11.2 Å². The molecule has 5 nitrogen and oxygen atoms in total. The fourth-order valence-electron chi connectivity index (χ4n) is 2.44. The first kappa shape index (κ1) is 19.8. The third-order valence-corrected chi connectivity index (χ3v) is 4.11. The van der Waals surface area contributed by atoms with Gasteiger partial charge in [0.05, 0.1) is 24.9 Å². The Morgan fingerprint density at radius 1 is 1.12 bits per heavy atom. The van der Waals surface area contributed by atoms with Crippen molar-refractivity contribution >= 4 is 23.2 Å². The van der Waals surface area contributed by atoms with Gasteiger partial charge in [0.2, 0.25) is 5.91 Å². The zero-order valence-electron chi connectivity index (χ0n) is 14.8. The van der Waals surface area contributed by atoms with E-state index in [2.05, 4.69) is 10.6 Å². The molecule has 2 aromatic rings. The molecule has 0 atom stereocenters. The van der Waals surface area contributed by atoms with Crippen LogP contribution in [0.1, 0.15) is 12.0 Å². The number of rotatable bonds is 9. The summed E-state index contributed by atoms with van der Waals surface area (Å²) >= 11 is 6.06. The van der Waals surface area contributed by atoms with E-state index in [-0.39, 0.29) is 18.1 Å². The van der Waals surface area contributed by atoms with Gasteiger partial charge >= 0.3 is 0 Å². The molecular formula is C19H22ClFN2O3. The number of amides is 1. The normalized spacial score (nSPS) is 10.3. The number of anilines is 1. The van der Waals surface area contributed by atoms with Crippen molar-refractivity contribution < 1.29 is 18.7 Å². The SMILES string of the molecule is COc1cc(NCCC(=O)NCCc2ccccc2F)c(OC)cc1Cl. The van der Waals surface area contributed by atoms with Gasteiger partial charge in [-0.05, 0) is 18.1 Å². The smallest absolute Gasteiger partial charge is 0.221 e. The highest BCUT2D eigenvalue weighted by molar-refractivity contribution is 6.32.